The van der Waals surface area contributed by atoms with Crippen molar-refractivity contribution in [2.45, 2.75) is 26.7 Å². The lowest BCUT2D eigenvalue weighted by Gasteiger charge is -2.15. The maximum Gasteiger partial charge on any atom is 0.251 e. The third kappa shape index (κ3) is 4.81. The van der Waals surface area contributed by atoms with Crippen molar-refractivity contribution in [1.82, 2.24) is 15.5 Å². The number of rotatable bonds is 5. The number of hydrogen-bond acceptors (Lipinski definition) is 3. The van der Waals surface area contributed by atoms with E-state index in [1.165, 1.54) is 0 Å². The minimum atomic E-state index is -0.366. The van der Waals surface area contributed by atoms with Crippen LogP contribution in [0.1, 0.15) is 34.3 Å². The van der Waals surface area contributed by atoms with Gasteiger partial charge in [-0.3, -0.25) is 14.4 Å². The second-order valence-electron chi connectivity index (χ2n) is 5.85. The Labute approximate surface area is 136 Å². The average molecular weight is 317 g/mol. The first kappa shape index (κ1) is 17.0. The van der Waals surface area contributed by atoms with Crippen molar-refractivity contribution in [3.05, 3.63) is 34.9 Å². The van der Waals surface area contributed by atoms with E-state index in [1.54, 1.807) is 17.0 Å². The molecule has 1 aliphatic rings. The molecule has 6 heteroatoms. The molecular formula is C17H23N3O3. The van der Waals surface area contributed by atoms with Gasteiger partial charge in [-0.15, -0.1) is 0 Å². The summed E-state index contributed by atoms with van der Waals surface area (Å²) in [5, 5.41) is 5.10. The minimum absolute atomic E-state index is 0.0155. The number of amides is 3. The zero-order chi connectivity index (χ0) is 16.8. The first-order valence-corrected chi connectivity index (χ1v) is 7.87. The zero-order valence-electron chi connectivity index (χ0n) is 13.6. The monoisotopic (exact) mass is 317 g/mol. The number of carbonyl (C=O) groups excluding carboxylic acids is 3. The quantitative estimate of drug-likeness (QED) is 0.842. The number of nitrogens with one attached hydrogen (secondary N) is 2. The fourth-order valence-electron chi connectivity index (χ4n) is 2.46. The lowest BCUT2D eigenvalue weighted by Crippen LogP contribution is -2.42. The Bertz CT molecular complexity index is 607. The molecule has 124 valence electrons. The van der Waals surface area contributed by atoms with Crippen molar-refractivity contribution >= 4 is 17.7 Å². The van der Waals surface area contributed by atoms with Crippen LogP contribution in [0, 0.1) is 13.8 Å². The minimum Gasteiger partial charge on any atom is -0.345 e. The summed E-state index contributed by atoms with van der Waals surface area (Å²) in [5.74, 6) is -0.736. The largest absolute Gasteiger partial charge is 0.345 e. The van der Waals surface area contributed by atoms with Gasteiger partial charge in [-0.2, -0.15) is 0 Å². The Hall–Kier alpha value is -2.37. The average Bonchev–Trinajstić information content (AvgIpc) is 3.07. The van der Waals surface area contributed by atoms with Crippen molar-refractivity contribution in [3.8, 4) is 0 Å². The fourth-order valence-corrected chi connectivity index (χ4v) is 2.46. The van der Waals surface area contributed by atoms with Crippen molar-refractivity contribution in [1.29, 1.82) is 0 Å². The molecule has 23 heavy (non-hydrogen) atoms. The molecule has 0 aromatic heterocycles. The van der Waals surface area contributed by atoms with E-state index in [1.807, 2.05) is 19.9 Å². The summed E-state index contributed by atoms with van der Waals surface area (Å²) >= 11 is 0. The Kier molecular flexibility index (Phi) is 5.73. The molecule has 0 aliphatic carbocycles. The second-order valence-corrected chi connectivity index (χ2v) is 5.85. The molecule has 1 fully saturated rings. The Balaban J connectivity index is 1.74. The van der Waals surface area contributed by atoms with Crippen LogP contribution in [0.2, 0.25) is 0 Å². The zero-order valence-corrected chi connectivity index (χ0v) is 13.6. The van der Waals surface area contributed by atoms with E-state index in [9.17, 15) is 14.4 Å². The predicted octanol–water partition coefficient (Wildman–Crippen LogP) is 0.772. The topological polar surface area (TPSA) is 78.5 Å². The number of hydrogen-bond donors (Lipinski definition) is 2. The highest BCUT2D eigenvalue weighted by molar-refractivity contribution is 5.97. The highest BCUT2D eigenvalue weighted by Crippen LogP contribution is 2.09. The van der Waals surface area contributed by atoms with Crippen LogP contribution < -0.4 is 10.6 Å². The summed E-state index contributed by atoms with van der Waals surface area (Å²) in [6, 6.07) is 5.39. The highest BCUT2D eigenvalue weighted by atomic mass is 16.2. The number of likely N-dealkylation sites (tertiary alicyclic amines) is 1. The number of carbonyl (C=O) groups is 3. The van der Waals surface area contributed by atoms with Gasteiger partial charge in [0.1, 0.15) is 0 Å². The van der Waals surface area contributed by atoms with E-state index in [2.05, 4.69) is 10.6 Å². The molecule has 2 rings (SSSR count). The van der Waals surface area contributed by atoms with Crippen LogP contribution in [0.4, 0.5) is 0 Å². The molecule has 1 aromatic rings. The van der Waals surface area contributed by atoms with Crippen LogP contribution in [0.5, 0.6) is 0 Å². The molecule has 6 nitrogen and oxygen atoms in total. The second kappa shape index (κ2) is 7.76. The van der Waals surface area contributed by atoms with E-state index in [0.717, 1.165) is 37.1 Å². The van der Waals surface area contributed by atoms with Crippen LogP contribution in [0.3, 0.4) is 0 Å². The Morgan fingerprint density at radius 2 is 1.70 bits per heavy atom. The summed E-state index contributed by atoms with van der Waals surface area (Å²) in [4.78, 5) is 37.3. The highest BCUT2D eigenvalue weighted by Gasteiger charge is 2.18. The fraction of sp³-hybridized carbons (Fsp3) is 0.471. The van der Waals surface area contributed by atoms with Crippen molar-refractivity contribution in [3.63, 3.8) is 0 Å². The molecule has 0 spiro atoms. The number of benzene rings is 1. The van der Waals surface area contributed by atoms with Gasteiger partial charge < -0.3 is 15.5 Å². The SMILES string of the molecule is Cc1ccc(C(=O)NCC(=O)NCC(=O)N2CCCC2)cc1C. The van der Waals surface area contributed by atoms with E-state index >= 15 is 0 Å². The van der Waals surface area contributed by atoms with Gasteiger partial charge in [0.2, 0.25) is 11.8 Å². The summed E-state index contributed by atoms with van der Waals surface area (Å²) in [7, 11) is 0. The van der Waals surface area contributed by atoms with Gasteiger partial charge >= 0.3 is 0 Å². The standard InChI is InChI=1S/C17H23N3O3/c1-12-5-6-14(9-13(12)2)17(23)19-10-15(21)18-11-16(22)20-7-3-4-8-20/h5-6,9H,3-4,7-8,10-11H2,1-2H3,(H,18,21)(H,19,23). The molecule has 0 atom stereocenters. The molecule has 0 radical (unpaired) electrons. The molecule has 1 saturated heterocycles. The van der Waals surface area contributed by atoms with Crippen LogP contribution in [0.15, 0.2) is 18.2 Å². The summed E-state index contributed by atoms with van der Waals surface area (Å²) in [6.07, 6.45) is 2.04. The molecule has 0 unspecified atom stereocenters. The van der Waals surface area contributed by atoms with Crippen LogP contribution in [-0.2, 0) is 9.59 Å². The molecule has 3 amide bonds. The first-order chi connectivity index (χ1) is 11.0. The van der Waals surface area contributed by atoms with E-state index in [-0.39, 0.29) is 30.8 Å². The first-order valence-electron chi connectivity index (χ1n) is 7.87. The van der Waals surface area contributed by atoms with Gasteiger partial charge in [0.05, 0.1) is 13.1 Å². The van der Waals surface area contributed by atoms with Crippen LogP contribution in [0.25, 0.3) is 0 Å². The molecular weight excluding hydrogens is 294 g/mol. The van der Waals surface area contributed by atoms with Crippen LogP contribution in [-0.4, -0.2) is 48.8 Å². The van der Waals surface area contributed by atoms with Crippen molar-refractivity contribution in [2.24, 2.45) is 0 Å². The predicted molar refractivity (Wildman–Crippen MR) is 87.1 cm³/mol. The molecule has 2 N–H and O–H groups in total. The smallest absolute Gasteiger partial charge is 0.251 e. The van der Waals surface area contributed by atoms with Gasteiger partial charge in [0, 0.05) is 18.7 Å². The van der Waals surface area contributed by atoms with E-state index < -0.39 is 0 Å². The lowest BCUT2D eigenvalue weighted by atomic mass is 10.1. The van der Waals surface area contributed by atoms with Gasteiger partial charge in [-0.05, 0) is 49.9 Å². The maximum absolute atomic E-state index is 12.0. The van der Waals surface area contributed by atoms with Crippen molar-refractivity contribution in [2.75, 3.05) is 26.2 Å². The lowest BCUT2D eigenvalue weighted by molar-refractivity contribution is -0.131. The third-order valence-corrected chi connectivity index (χ3v) is 4.07. The molecule has 1 aromatic carbocycles. The maximum atomic E-state index is 12.0. The Morgan fingerprint density at radius 1 is 1.00 bits per heavy atom. The number of aryl methyl sites for hydroxylation is 2. The van der Waals surface area contributed by atoms with Gasteiger partial charge in [0.15, 0.2) is 0 Å². The summed E-state index contributed by atoms with van der Waals surface area (Å²) < 4.78 is 0. The third-order valence-electron chi connectivity index (χ3n) is 4.07. The molecule has 1 heterocycles. The van der Waals surface area contributed by atoms with Gasteiger partial charge in [-0.1, -0.05) is 6.07 Å². The van der Waals surface area contributed by atoms with Gasteiger partial charge in [0.25, 0.3) is 5.91 Å². The molecule has 0 bridgehead atoms. The molecule has 1 aliphatic heterocycles. The normalized spacial score (nSPS) is 13.7. The van der Waals surface area contributed by atoms with E-state index in [0.29, 0.717) is 5.56 Å². The van der Waals surface area contributed by atoms with Crippen molar-refractivity contribution < 1.29 is 14.4 Å². The number of nitrogens with zero attached hydrogens (tertiary/aromatic N) is 1. The summed E-state index contributed by atoms with van der Waals surface area (Å²) in [5.41, 5.74) is 2.66. The van der Waals surface area contributed by atoms with Gasteiger partial charge in [-0.25, -0.2) is 0 Å². The van der Waals surface area contributed by atoms with E-state index in [4.69, 9.17) is 0 Å². The Morgan fingerprint density at radius 3 is 2.35 bits per heavy atom. The molecule has 0 saturated carbocycles. The summed E-state index contributed by atoms with van der Waals surface area (Å²) in [6.45, 7) is 5.28. The van der Waals surface area contributed by atoms with Crippen LogP contribution >= 0.6 is 0 Å².